The first kappa shape index (κ1) is 12.2. The van der Waals surface area contributed by atoms with Gasteiger partial charge in [0, 0.05) is 18.7 Å². The van der Waals surface area contributed by atoms with Crippen molar-refractivity contribution in [3.05, 3.63) is 29.8 Å². The van der Waals surface area contributed by atoms with Gasteiger partial charge in [-0.1, -0.05) is 31.9 Å². The molecule has 2 nitrogen and oxygen atoms in total. The zero-order chi connectivity index (χ0) is 11.9. The van der Waals surface area contributed by atoms with Crippen LogP contribution in [-0.2, 0) is 6.42 Å². The van der Waals surface area contributed by atoms with E-state index >= 15 is 0 Å². The zero-order valence-corrected chi connectivity index (χ0v) is 10.7. The van der Waals surface area contributed by atoms with Crippen molar-refractivity contribution in [3.8, 4) is 0 Å². The lowest BCUT2D eigenvalue weighted by Crippen LogP contribution is -2.11. The number of nitrogens with one attached hydrogen (secondary N) is 1. The first-order valence-electron chi connectivity index (χ1n) is 6.78. The van der Waals surface area contributed by atoms with Gasteiger partial charge in [0.1, 0.15) is 5.84 Å². The third-order valence-electron chi connectivity index (χ3n) is 3.16. The summed E-state index contributed by atoms with van der Waals surface area (Å²) >= 11 is 0. The molecule has 17 heavy (non-hydrogen) atoms. The first-order valence-corrected chi connectivity index (χ1v) is 6.78. The van der Waals surface area contributed by atoms with Crippen LogP contribution in [0.15, 0.2) is 29.3 Å². The maximum Gasteiger partial charge on any atom is 0.101 e. The quantitative estimate of drug-likeness (QED) is 0.833. The average molecular weight is 230 g/mol. The Kier molecular flexibility index (Phi) is 4.60. The van der Waals surface area contributed by atoms with Gasteiger partial charge in [-0.3, -0.25) is 4.99 Å². The number of hydrogen-bond donors (Lipinski definition) is 1. The standard InChI is InChI=1S/C15H22N2/c1-2-6-13-8-10-14(11-9-13)17-15-7-4-3-5-12-16-15/h8-11H,2-7,12H2,1H3,(H,16,17). The second-order valence-electron chi connectivity index (χ2n) is 4.71. The molecule has 0 saturated carbocycles. The van der Waals surface area contributed by atoms with E-state index in [1.165, 1.54) is 43.4 Å². The lowest BCUT2D eigenvalue weighted by atomic mass is 10.1. The molecule has 0 aromatic heterocycles. The topological polar surface area (TPSA) is 24.4 Å². The highest BCUT2D eigenvalue weighted by molar-refractivity contribution is 5.95. The number of hydrogen-bond acceptors (Lipinski definition) is 2. The van der Waals surface area contributed by atoms with Gasteiger partial charge in [0.2, 0.25) is 0 Å². The van der Waals surface area contributed by atoms with Crippen LogP contribution in [0.25, 0.3) is 0 Å². The summed E-state index contributed by atoms with van der Waals surface area (Å²) in [6, 6.07) is 8.75. The monoisotopic (exact) mass is 230 g/mol. The Morgan fingerprint density at radius 1 is 1.12 bits per heavy atom. The molecule has 1 aliphatic rings. The van der Waals surface area contributed by atoms with Gasteiger partial charge in [-0.05, 0) is 37.0 Å². The smallest absolute Gasteiger partial charge is 0.101 e. The minimum atomic E-state index is 0.982. The fraction of sp³-hybridized carbons (Fsp3) is 0.533. The largest absolute Gasteiger partial charge is 0.344 e. The van der Waals surface area contributed by atoms with E-state index in [4.69, 9.17) is 0 Å². The molecule has 2 heteroatoms. The van der Waals surface area contributed by atoms with Crippen molar-refractivity contribution in [2.45, 2.75) is 45.4 Å². The van der Waals surface area contributed by atoms with Crippen molar-refractivity contribution >= 4 is 11.5 Å². The van der Waals surface area contributed by atoms with Gasteiger partial charge >= 0.3 is 0 Å². The minimum absolute atomic E-state index is 0.982. The molecule has 1 heterocycles. The predicted octanol–water partition coefficient (Wildman–Crippen LogP) is 4.02. The number of benzene rings is 1. The summed E-state index contributed by atoms with van der Waals surface area (Å²) in [6.07, 6.45) is 7.28. The van der Waals surface area contributed by atoms with Gasteiger partial charge in [-0.2, -0.15) is 0 Å². The molecule has 1 aromatic carbocycles. The Morgan fingerprint density at radius 3 is 2.71 bits per heavy atom. The van der Waals surface area contributed by atoms with Crippen molar-refractivity contribution in [2.24, 2.45) is 4.99 Å². The molecule has 1 aromatic rings. The van der Waals surface area contributed by atoms with Crippen LogP contribution in [0.4, 0.5) is 5.69 Å². The van der Waals surface area contributed by atoms with E-state index in [1.807, 2.05) is 0 Å². The van der Waals surface area contributed by atoms with E-state index in [0.29, 0.717) is 0 Å². The summed E-state index contributed by atoms with van der Waals surface area (Å²) in [5.41, 5.74) is 2.59. The van der Waals surface area contributed by atoms with E-state index in [-0.39, 0.29) is 0 Å². The van der Waals surface area contributed by atoms with E-state index in [1.54, 1.807) is 0 Å². The van der Waals surface area contributed by atoms with Gasteiger partial charge in [0.05, 0.1) is 0 Å². The van der Waals surface area contributed by atoms with Gasteiger partial charge < -0.3 is 5.32 Å². The molecule has 0 aliphatic carbocycles. The highest BCUT2D eigenvalue weighted by Gasteiger charge is 2.04. The van der Waals surface area contributed by atoms with Gasteiger partial charge in [0.25, 0.3) is 0 Å². The number of aryl methyl sites for hydroxylation is 1. The van der Waals surface area contributed by atoms with Crippen LogP contribution >= 0.6 is 0 Å². The number of rotatable bonds is 3. The third-order valence-corrected chi connectivity index (χ3v) is 3.16. The third kappa shape index (κ3) is 3.88. The molecule has 0 bridgehead atoms. The van der Waals surface area contributed by atoms with E-state index in [0.717, 1.165) is 18.8 Å². The van der Waals surface area contributed by atoms with Crippen molar-refractivity contribution in [3.63, 3.8) is 0 Å². The predicted molar refractivity (Wildman–Crippen MR) is 74.8 cm³/mol. The Morgan fingerprint density at radius 2 is 1.94 bits per heavy atom. The second kappa shape index (κ2) is 6.43. The van der Waals surface area contributed by atoms with Crippen molar-refractivity contribution in [1.29, 1.82) is 0 Å². The fourth-order valence-electron chi connectivity index (χ4n) is 2.19. The Bertz CT molecular complexity index is 365. The van der Waals surface area contributed by atoms with Crippen molar-refractivity contribution < 1.29 is 0 Å². The molecule has 1 aliphatic heterocycles. The number of nitrogens with zero attached hydrogens (tertiary/aromatic N) is 1. The molecule has 0 spiro atoms. The van der Waals surface area contributed by atoms with Crippen molar-refractivity contribution in [2.75, 3.05) is 11.9 Å². The normalized spacial score (nSPS) is 16.2. The fourth-order valence-corrected chi connectivity index (χ4v) is 2.19. The van der Waals surface area contributed by atoms with Crippen LogP contribution in [0.1, 0.15) is 44.6 Å². The Balaban J connectivity index is 1.95. The molecule has 2 rings (SSSR count). The summed E-state index contributed by atoms with van der Waals surface area (Å²) < 4.78 is 0. The average Bonchev–Trinajstić information content (AvgIpc) is 2.61. The number of aliphatic imine (C=N–C) groups is 1. The minimum Gasteiger partial charge on any atom is -0.344 e. The molecule has 0 unspecified atom stereocenters. The summed E-state index contributed by atoms with van der Waals surface area (Å²) in [5, 5.41) is 3.44. The van der Waals surface area contributed by atoms with E-state index < -0.39 is 0 Å². The maximum atomic E-state index is 4.58. The van der Waals surface area contributed by atoms with Crippen molar-refractivity contribution in [1.82, 2.24) is 0 Å². The summed E-state index contributed by atoms with van der Waals surface area (Å²) in [5.74, 6) is 1.16. The van der Waals surface area contributed by atoms with Crippen LogP contribution in [-0.4, -0.2) is 12.4 Å². The van der Waals surface area contributed by atoms with Crippen LogP contribution in [0.2, 0.25) is 0 Å². The zero-order valence-electron chi connectivity index (χ0n) is 10.7. The van der Waals surface area contributed by atoms with Gasteiger partial charge in [-0.15, -0.1) is 0 Å². The van der Waals surface area contributed by atoms with E-state index in [9.17, 15) is 0 Å². The van der Waals surface area contributed by atoms with Crippen LogP contribution in [0, 0.1) is 0 Å². The highest BCUT2D eigenvalue weighted by Crippen LogP contribution is 2.14. The van der Waals surface area contributed by atoms with Gasteiger partial charge in [-0.25, -0.2) is 0 Å². The molecule has 0 amide bonds. The van der Waals surface area contributed by atoms with E-state index in [2.05, 4.69) is 41.5 Å². The molecule has 92 valence electrons. The molecule has 0 radical (unpaired) electrons. The summed E-state index contributed by atoms with van der Waals surface area (Å²) in [6.45, 7) is 3.20. The molecular weight excluding hydrogens is 208 g/mol. The molecular formula is C15H22N2. The highest BCUT2D eigenvalue weighted by atomic mass is 15.0. The maximum absolute atomic E-state index is 4.58. The van der Waals surface area contributed by atoms with Crippen LogP contribution < -0.4 is 5.32 Å². The lowest BCUT2D eigenvalue weighted by Gasteiger charge is -2.09. The van der Waals surface area contributed by atoms with Gasteiger partial charge in [0.15, 0.2) is 0 Å². The summed E-state index contributed by atoms with van der Waals surface area (Å²) in [4.78, 5) is 4.58. The second-order valence-corrected chi connectivity index (χ2v) is 4.71. The lowest BCUT2D eigenvalue weighted by molar-refractivity contribution is 0.731. The molecule has 0 atom stereocenters. The SMILES string of the molecule is CCCc1ccc(NC2=NCCCCC2)cc1. The Hall–Kier alpha value is -1.31. The van der Waals surface area contributed by atoms with Crippen LogP contribution in [0.5, 0.6) is 0 Å². The number of anilines is 1. The first-order chi connectivity index (χ1) is 8.38. The Labute approximate surface area is 104 Å². The van der Waals surface area contributed by atoms with Crippen LogP contribution in [0.3, 0.4) is 0 Å². The molecule has 0 fully saturated rings. The molecule has 0 saturated heterocycles. The number of amidine groups is 1. The molecule has 1 N–H and O–H groups in total. The summed E-state index contributed by atoms with van der Waals surface area (Å²) in [7, 11) is 0.